The summed E-state index contributed by atoms with van der Waals surface area (Å²) in [6.07, 6.45) is 0. The number of ether oxygens (including phenoxy) is 1. The first-order chi connectivity index (χ1) is 11.9. The molecule has 0 fully saturated rings. The molecule has 6 nitrogen and oxygen atoms in total. The normalized spacial score (nSPS) is 11.6. The van der Waals surface area contributed by atoms with Gasteiger partial charge in [-0.05, 0) is 42.6 Å². The van der Waals surface area contributed by atoms with Crippen LogP contribution in [0.4, 0.5) is 5.00 Å². The summed E-state index contributed by atoms with van der Waals surface area (Å²) < 4.78 is 5.00. The van der Waals surface area contributed by atoms with Crippen molar-refractivity contribution in [1.82, 2.24) is 0 Å². The van der Waals surface area contributed by atoms with Crippen LogP contribution in [0.2, 0.25) is 5.02 Å². The number of nitrogens with one attached hydrogen (secondary N) is 1. The van der Waals surface area contributed by atoms with Crippen molar-refractivity contribution in [3.8, 4) is 0 Å². The Hall–Kier alpha value is -2.03. The van der Waals surface area contributed by atoms with E-state index in [9.17, 15) is 14.4 Å². The van der Waals surface area contributed by atoms with E-state index in [1.807, 2.05) is 0 Å². The van der Waals surface area contributed by atoms with Crippen LogP contribution in [-0.4, -0.2) is 29.6 Å². The highest BCUT2D eigenvalue weighted by Gasteiger charge is 2.18. The Balaban J connectivity index is 1.82. The molecule has 1 aromatic carbocycles. The number of rotatable bonds is 7. The molecule has 3 N–H and O–H groups in total. The van der Waals surface area contributed by atoms with Gasteiger partial charge in [0.2, 0.25) is 0 Å². The van der Waals surface area contributed by atoms with Gasteiger partial charge in [-0.25, -0.2) is 0 Å². The lowest BCUT2D eigenvalue weighted by Gasteiger charge is -2.11. The summed E-state index contributed by atoms with van der Waals surface area (Å²) in [6.45, 7) is 1.24. The van der Waals surface area contributed by atoms with Crippen molar-refractivity contribution in [3.63, 3.8) is 0 Å². The van der Waals surface area contributed by atoms with Crippen molar-refractivity contribution in [2.75, 3.05) is 11.9 Å². The van der Waals surface area contributed by atoms with Crippen molar-refractivity contribution < 1.29 is 19.1 Å². The highest BCUT2D eigenvalue weighted by molar-refractivity contribution is 8.00. The van der Waals surface area contributed by atoms with Crippen LogP contribution in [0, 0.1) is 0 Å². The van der Waals surface area contributed by atoms with E-state index in [1.165, 1.54) is 17.8 Å². The zero-order valence-corrected chi connectivity index (χ0v) is 15.5. The second-order valence-corrected chi connectivity index (χ2v) is 7.66. The molecule has 0 saturated heterocycles. The molecule has 1 heterocycles. The Bertz CT molecular complexity index is 777. The van der Waals surface area contributed by atoms with Crippen LogP contribution >= 0.6 is 34.7 Å². The summed E-state index contributed by atoms with van der Waals surface area (Å²) in [5, 5.41) is 4.59. The predicted molar refractivity (Wildman–Crippen MR) is 99.2 cm³/mol. The fourth-order valence-electron chi connectivity index (χ4n) is 1.78. The maximum absolute atomic E-state index is 12.0. The summed E-state index contributed by atoms with van der Waals surface area (Å²) in [4.78, 5) is 35.9. The van der Waals surface area contributed by atoms with E-state index >= 15 is 0 Å². The maximum atomic E-state index is 12.0. The summed E-state index contributed by atoms with van der Waals surface area (Å²) in [5.41, 5.74) is 5.42. The molecule has 25 heavy (non-hydrogen) atoms. The first kappa shape index (κ1) is 19.3. The van der Waals surface area contributed by atoms with Crippen LogP contribution in [0.25, 0.3) is 0 Å². The van der Waals surface area contributed by atoms with Gasteiger partial charge in [0.1, 0.15) is 10.3 Å². The number of thioether (sulfide) groups is 1. The van der Waals surface area contributed by atoms with Crippen LogP contribution in [0.3, 0.4) is 0 Å². The number of benzene rings is 1. The summed E-state index contributed by atoms with van der Waals surface area (Å²) in [6, 6.07) is 8.57. The Morgan fingerprint density at radius 2 is 1.96 bits per heavy atom. The molecule has 2 aromatic rings. The maximum Gasteiger partial charge on any atom is 0.319 e. The zero-order valence-electron chi connectivity index (χ0n) is 13.2. The van der Waals surface area contributed by atoms with E-state index in [0.29, 0.717) is 10.0 Å². The number of esters is 1. The van der Waals surface area contributed by atoms with Gasteiger partial charge in [-0.1, -0.05) is 11.6 Å². The van der Waals surface area contributed by atoms with E-state index in [-0.39, 0.29) is 5.56 Å². The molecular weight excluding hydrogens is 384 g/mol. The third kappa shape index (κ3) is 5.77. The number of anilines is 1. The molecule has 0 bridgehead atoms. The van der Waals surface area contributed by atoms with E-state index in [0.717, 1.165) is 16.2 Å². The third-order valence-electron chi connectivity index (χ3n) is 2.99. The van der Waals surface area contributed by atoms with Crippen LogP contribution in [0.5, 0.6) is 0 Å². The number of carbonyl (C=O) groups excluding carboxylic acids is 3. The van der Waals surface area contributed by atoms with Gasteiger partial charge in [0.05, 0.1) is 5.56 Å². The summed E-state index contributed by atoms with van der Waals surface area (Å²) >= 11 is 8.27. The number of hydrogen-bond donors (Lipinski definition) is 2. The first-order valence-corrected chi connectivity index (χ1v) is 9.26. The standard InChI is InChI=1S/C16H15ClN2O4S2/c1-9(25-11-4-2-10(17)3-5-11)16(22)23-8-13(20)19-15-12(14(18)21)6-7-24-15/h2-7,9H,8H2,1H3,(H2,18,21)(H,19,20)/t9-/m1/s1. The van der Waals surface area contributed by atoms with Gasteiger partial charge < -0.3 is 15.8 Å². The monoisotopic (exact) mass is 398 g/mol. The number of thiophene rings is 1. The Kier molecular flexibility index (Phi) is 6.86. The van der Waals surface area contributed by atoms with Crippen molar-refractivity contribution >= 4 is 57.5 Å². The van der Waals surface area contributed by atoms with Crippen LogP contribution < -0.4 is 11.1 Å². The van der Waals surface area contributed by atoms with Crippen LogP contribution in [-0.2, 0) is 14.3 Å². The first-order valence-electron chi connectivity index (χ1n) is 7.13. The minimum atomic E-state index is -0.637. The second-order valence-electron chi connectivity index (χ2n) is 4.90. The third-order valence-corrected chi connectivity index (χ3v) is 5.16. The molecule has 0 aliphatic heterocycles. The van der Waals surface area contributed by atoms with Gasteiger partial charge >= 0.3 is 5.97 Å². The molecule has 9 heteroatoms. The Morgan fingerprint density at radius 1 is 1.28 bits per heavy atom. The molecule has 0 unspecified atom stereocenters. The molecule has 2 amide bonds. The number of hydrogen-bond acceptors (Lipinski definition) is 6. The lowest BCUT2D eigenvalue weighted by Crippen LogP contribution is -2.25. The fourth-order valence-corrected chi connectivity index (χ4v) is 3.58. The van der Waals surface area contributed by atoms with E-state index < -0.39 is 29.6 Å². The number of amides is 2. The van der Waals surface area contributed by atoms with Crippen LogP contribution in [0.15, 0.2) is 40.6 Å². The number of nitrogens with two attached hydrogens (primary N) is 1. The molecule has 0 radical (unpaired) electrons. The van der Waals surface area contributed by atoms with Crippen molar-refractivity contribution in [3.05, 3.63) is 46.3 Å². The topological polar surface area (TPSA) is 98.5 Å². The molecule has 1 aromatic heterocycles. The number of carbonyl (C=O) groups is 3. The lowest BCUT2D eigenvalue weighted by molar-refractivity contribution is -0.146. The SMILES string of the molecule is C[C@@H](Sc1ccc(Cl)cc1)C(=O)OCC(=O)Nc1sccc1C(N)=O. The molecule has 0 aliphatic carbocycles. The quantitative estimate of drug-likeness (QED) is 0.551. The summed E-state index contributed by atoms with van der Waals surface area (Å²) in [7, 11) is 0. The van der Waals surface area contributed by atoms with Gasteiger partial charge in [-0.3, -0.25) is 14.4 Å². The molecule has 0 spiro atoms. The van der Waals surface area contributed by atoms with E-state index in [1.54, 1.807) is 36.6 Å². The lowest BCUT2D eigenvalue weighted by atomic mass is 10.3. The highest BCUT2D eigenvalue weighted by atomic mass is 35.5. The molecule has 2 rings (SSSR count). The van der Waals surface area contributed by atoms with Crippen LogP contribution in [0.1, 0.15) is 17.3 Å². The Morgan fingerprint density at radius 3 is 2.60 bits per heavy atom. The largest absolute Gasteiger partial charge is 0.455 e. The van der Waals surface area contributed by atoms with Crippen molar-refractivity contribution in [1.29, 1.82) is 0 Å². The van der Waals surface area contributed by atoms with Gasteiger partial charge in [-0.15, -0.1) is 23.1 Å². The Labute approximate surface area is 157 Å². The van der Waals surface area contributed by atoms with E-state index in [2.05, 4.69) is 5.32 Å². The van der Waals surface area contributed by atoms with Gasteiger partial charge in [-0.2, -0.15) is 0 Å². The number of halogens is 1. The van der Waals surface area contributed by atoms with Crippen molar-refractivity contribution in [2.45, 2.75) is 17.1 Å². The van der Waals surface area contributed by atoms with Gasteiger partial charge in [0.15, 0.2) is 6.61 Å². The van der Waals surface area contributed by atoms with Gasteiger partial charge in [0.25, 0.3) is 11.8 Å². The highest BCUT2D eigenvalue weighted by Crippen LogP contribution is 2.25. The molecule has 1 atom stereocenters. The smallest absolute Gasteiger partial charge is 0.319 e. The zero-order chi connectivity index (χ0) is 18.4. The molecule has 0 aliphatic rings. The predicted octanol–water partition coefficient (Wildman–Crippen LogP) is 3.16. The molecule has 132 valence electrons. The van der Waals surface area contributed by atoms with E-state index in [4.69, 9.17) is 22.1 Å². The molecule has 0 saturated carbocycles. The minimum Gasteiger partial charge on any atom is -0.455 e. The number of primary amides is 1. The average Bonchev–Trinajstić information content (AvgIpc) is 3.03. The minimum absolute atomic E-state index is 0.219. The fraction of sp³-hybridized carbons (Fsp3) is 0.188. The van der Waals surface area contributed by atoms with Crippen molar-refractivity contribution in [2.24, 2.45) is 5.73 Å². The molecular formula is C16H15ClN2O4S2. The second kappa shape index (κ2) is 8.89. The average molecular weight is 399 g/mol. The van der Waals surface area contributed by atoms with Gasteiger partial charge in [0, 0.05) is 9.92 Å². The summed E-state index contributed by atoms with van der Waals surface area (Å²) in [5.74, 6) is -1.69.